The molecule has 2 nitrogen and oxygen atoms in total. The Balaban J connectivity index is 3.15. The Kier molecular flexibility index (Phi) is 3.66. The van der Waals surface area contributed by atoms with Gasteiger partial charge >= 0.3 is 15.3 Å². The number of hydrogen-bond acceptors (Lipinski definition) is 2. The van der Waals surface area contributed by atoms with Crippen molar-refractivity contribution in [2.24, 2.45) is 0 Å². The van der Waals surface area contributed by atoms with Gasteiger partial charge in [0.1, 0.15) is 0 Å². The highest BCUT2D eigenvalue weighted by Gasteiger charge is 2.26. The quantitative estimate of drug-likeness (QED) is 0.561. The molecule has 0 aliphatic rings. The third-order valence-corrected chi connectivity index (χ3v) is 0.882. The van der Waals surface area contributed by atoms with Gasteiger partial charge in [-0.1, -0.05) is 0 Å². The molecule has 0 saturated carbocycles. The van der Waals surface area contributed by atoms with Gasteiger partial charge in [-0.05, 0) is 39.1 Å². The van der Waals surface area contributed by atoms with Crippen LogP contribution in [-0.2, 0) is 4.29 Å². The maximum Gasteiger partial charge on any atom is 0.358 e. The topological polar surface area (TPSA) is 32.3 Å². The second-order valence-electron chi connectivity index (χ2n) is 0.586. The molecule has 0 aromatic heterocycles. The van der Waals surface area contributed by atoms with Crippen molar-refractivity contribution in [2.45, 2.75) is 3.98 Å². The monoisotopic (exact) mass is 184 g/mol. The molecule has 0 atom stereocenters. The number of rotatable bonds is 1. The summed E-state index contributed by atoms with van der Waals surface area (Å²) in [4.78, 5) is 0. The lowest BCUT2D eigenvalue weighted by atomic mass is 11.7. The third kappa shape index (κ3) is 7.08. The summed E-state index contributed by atoms with van der Waals surface area (Å²) in [7, 11) is 0. The van der Waals surface area contributed by atoms with Crippen molar-refractivity contribution in [1.82, 2.24) is 0 Å². The second-order valence-corrected chi connectivity index (χ2v) is 3.04. The van der Waals surface area contributed by atoms with E-state index < -0.39 is 3.98 Å². The van der Waals surface area contributed by atoms with Crippen molar-refractivity contribution in [3.63, 3.8) is 0 Å². The highest BCUT2D eigenvalue weighted by molar-refractivity contribution is 6.66. The maximum absolute atomic E-state index is 9.33. The number of alkyl halides is 3. The summed E-state index contributed by atoms with van der Waals surface area (Å²) < 4.78 is 11.3. The van der Waals surface area contributed by atoms with Crippen molar-refractivity contribution in [3.05, 3.63) is 0 Å². The molecular formula is CCl4O2. The predicted molar refractivity (Wildman–Crippen MR) is 21.4 cm³/mol. The van der Waals surface area contributed by atoms with Crippen LogP contribution in [0.3, 0.4) is 0 Å². The molecule has 7 heavy (non-hydrogen) atoms. The predicted octanol–water partition coefficient (Wildman–Crippen LogP) is 0.606. The molecule has 0 N–H and O–H groups in total. The Labute approximate surface area is 59.4 Å². The lowest BCUT2D eigenvalue weighted by Gasteiger charge is -1.97. The molecule has 0 aromatic carbocycles. The van der Waals surface area contributed by atoms with E-state index in [2.05, 4.69) is 4.29 Å². The average molecular weight is 186 g/mol. The van der Waals surface area contributed by atoms with E-state index in [0.717, 1.165) is 0 Å². The molecule has 0 heterocycles. The first-order valence-corrected chi connectivity index (χ1v) is 2.83. The Morgan fingerprint density at radius 3 is 1.86 bits per heavy atom. The van der Waals surface area contributed by atoms with Gasteiger partial charge < -0.3 is 4.66 Å². The van der Waals surface area contributed by atoms with Crippen molar-refractivity contribution >= 4 is 34.8 Å². The van der Waals surface area contributed by atoms with Crippen LogP contribution in [-0.4, -0.2) is 3.98 Å². The molecule has 0 fully saturated rings. The van der Waals surface area contributed by atoms with Crippen LogP contribution in [0.1, 0.15) is 0 Å². The lowest BCUT2D eigenvalue weighted by molar-refractivity contribution is -1.27. The minimum absolute atomic E-state index is 0.162. The van der Waals surface area contributed by atoms with Crippen LogP contribution in [0.15, 0.2) is 0 Å². The van der Waals surface area contributed by atoms with Crippen molar-refractivity contribution in [1.29, 1.82) is 0 Å². The van der Waals surface area contributed by atoms with Gasteiger partial charge in [-0.15, -0.1) is 0 Å². The van der Waals surface area contributed by atoms with Crippen molar-refractivity contribution in [3.8, 4) is 0 Å². The number of hydrogen-bond donors (Lipinski definition) is 0. The van der Waals surface area contributed by atoms with Crippen LogP contribution in [0.5, 0.6) is 0 Å². The fraction of sp³-hybridized carbons (Fsp3) is 1.00. The molecule has 44 valence electrons. The molecule has 6 heteroatoms. The molecular weight excluding hydrogens is 186 g/mol. The molecule has 0 aliphatic carbocycles. The smallest absolute Gasteiger partial charge is 0.358 e. The average Bonchev–Trinajstić information content (AvgIpc) is 1.30. The van der Waals surface area contributed by atoms with Gasteiger partial charge in [0, 0.05) is 0 Å². The van der Waals surface area contributed by atoms with Crippen LogP contribution >= 0.6 is 34.8 Å². The van der Waals surface area contributed by atoms with Crippen LogP contribution < -0.4 is 4.66 Å². The maximum atomic E-state index is 9.33. The molecule has 0 aromatic rings. The molecule has 0 aliphatic heterocycles. The standard InChI is InChI=1S/CCl4O2/c2-1(3,4)7-5-6. The van der Waals surface area contributed by atoms with Gasteiger partial charge in [0.2, 0.25) is 0 Å². The van der Waals surface area contributed by atoms with E-state index in [4.69, 9.17) is 34.8 Å². The highest BCUT2D eigenvalue weighted by atomic mass is 35.6. The Morgan fingerprint density at radius 1 is 1.43 bits per heavy atom. The Hall–Kier alpha value is 1.08. The summed E-state index contributed by atoms with van der Waals surface area (Å²) in [6.07, 6.45) is 0. The van der Waals surface area contributed by atoms with Gasteiger partial charge in [-0.2, -0.15) is 0 Å². The van der Waals surface area contributed by atoms with Crippen LogP contribution in [0, 0.1) is 11.3 Å². The fourth-order valence-electron chi connectivity index (χ4n) is 0.0357. The van der Waals surface area contributed by atoms with Crippen LogP contribution in [0.25, 0.3) is 0 Å². The summed E-state index contributed by atoms with van der Waals surface area (Å²) in [6.45, 7) is 0. The van der Waals surface area contributed by atoms with Crippen molar-refractivity contribution < 1.29 is 20.3 Å². The van der Waals surface area contributed by atoms with Gasteiger partial charge in [-0.25, -0.2) is 0 Å². The minimum Gasteiger partial charge on any atom is -0.506 e. The van der Waals surface area contributed by atoms with E-state index in [1.165, 1.54) is 0 Å². The zero-order chi connectivity index (χ0) is 5.91. The van der Waals surface area contributed by atoms with E-state index in [1.54, 1.807) is 0 Å². The van der Waals surface area contributed by atoms with Crippen LogP contribution in [0.2, 0.25) is 0 Å². The summed E-state index contributed by atoms with van der Waals surface area (Å²) in [5, 5.41) is 0. The third-order valence-electron chi connectivity index (χ3n) is 0.119. The van der Waals surface area contributed by atoms with Gasteiger partial charge in [-0.3, -0.25) is 0 Å². The molecule has 0 rings (SSSR count). The normalized spacial score (nSPS) is 12.0. The van der Waals surface area contributed by atoms with E-state index >= 15 is 0 Å². The largest absolute Gasteiger partial charge is 0.506 e. The first-order chi connectivity index (χ1) is 3.06. The molecule has 0 bridgehead atoms. The van der Waals surface area contributed by atoms with Crippen molar-refractivity contribution in [2.75, 3.05) is 0 Å². The van der Waals surface area contributed by atoms with Crippen LogP contribution in [0.4, 0.5) is 0 Å². The summed E-state index contributed by atoms with van der Waals surface area (Å²) in [5.74, 6) is 0. The van der Waals surface area contributed by atoms with E-state index in [-0.39, 0.29) is 11.3 Å². The first-order valence-electron chi connectivity index (χ1n) is 1.08. The Bertz CT molecular complexity index is 48.1. The highest BCUT2D eigenvalue weighted by Crippen LogP contribution is 2.26. The summed E-state index contributed by atoms with van der Waals surface area (Å²) in [6, 6.07) is 0. The number of halogens is 4. The SMILES string of the molecule is [O-][Cl+]OC(Cl)(Cl)Cl. The molecule has 0 amide bonds. The zero-order valence-corrected chi connectivity index (χ0v) is 5.85. The Morgan fingerprint density at radius 2 is 1.86 bits per heavy atom. The van der Waals surface area contributed by atoms with E-state index in [9.17, 15) is 4.66 Å². The molecule has 0 radical (unpaired) electrons. The second kappa shape index (κ2) is 3.17. The minimum atomic E-state index is -1.91. The van der Waals surface area contributed by atoms with E-state index in [0.29, 0.717) is 0 Å². The summed E-state index contributed by atoms with van der Waals surface area (Å²) in [5.41, 5.74) is 0. The van der Waals surface area contributed by atoms with Gasteiger partial charge in [0.15, 0.2) is 0 Å². The zero-order valence-electron chi connectivity index (χ0n) is 2.83. The molecule has 0 spiro atoms. The summed E-state index contributed by atoms with van der Waals surface area (Å²) >= 11 is 14.9. The fourth-order valence-corrected chi connectivity index (χ4v) is 0.321. The van der Waals surface area contributed by atoms with E-state index in [1.807, 2.05) is 0 Å². The van der Waals surface area contributed by atoms with Gasteiger partial charge in [0.25, 0.3) is 0 Å². The lowest BCUT2D eigenvalue weighted by Crippen LogP contribution is -2.14. The molecule has 0 saturated heterocycles. The molecule has 0 unspecified atom stereocenters. The first kappa shape index (κ1) is 8.08. The van der Waals surface area contributed by atoms with Gasteiger partial charge in [0.05, 0.1) is 0 Å².